The van der Waals surface area contributed by atoms with Gasteiger partial charge in [-0.2, -0.15) is 0 Å². The third-order valence-corrected chi connectivity index (χ3v) is 8.89. The van der Waals surface area contributed by atoms with Crippen LogP contribution in [0.1, 0.15) is 29.9 Å². The Kier molecular flexibility index (Phi) is 8.40. The van der Waals surface area contributed by atoms with Crippen LogP contribution < -0.4 is 34.2 Å². The van der Waals surface area contributed by atoms with Gasteiger partial charge in [0.2, 0.25) is 0 Å². The highest BCUT2D eigenvalue weighted by Crippen LogP contribution is 2.38. The average molecular weight is 616 g/mol. The number of rotatable bonds is 8. The second-order valence-corrected chi connectivity index (χ2v) is 11.7. The molecule has 2 aliphatic rings. The molecule has 1 atom stereocenters. The van der Waals surface area contributed by atoms with Crippen molar-refractivity contribution in [3.05, 3.63) is 103 Å². The van der Waals surface area contributed by atoms with Gasteiger partial charge in [-0.05, 0) is 30.7 Å². The number of furan rings is 1. The standard InChI is InChI=1S/C33H34N4O6S/c1-5-42-32(39)28-29(21-9-7-6-8-10-21)34-33-37(30(28)22-11-13-24(40-3)25(19-22)41-4)31(38)26(44-33)20-23-12-14-27(43-23)36-17-15-35(2)16-18-36/h6-14,19-20,30H,5,15-18H2,1-4H3/p+1/b26-20+/t30-/m0/s1. The first-order chi connectivity index (χ1) is 21.4. The zero-order valence-electron chi connectivity index (χ0n) is 25.2. The summed E-state index contributed by atoms with van der Waals surface area (Å²) in [5.74, 6) is 1.82. The largest absolute Gasteiger partial charge is 0.493 e. The molecular weight excluding hydrogens is 580 g/mol. The molecule has 0 bridgehead atoms. The van der Waals surface area contributed by atoms with Gasteiger partial charge in [0.05, 0.1) is 75.9 Å². The number of quaternary nitrogens is 1. The van der Waals surface area contributed by atoms with E-state index in [1.54, 1.807) is 43.9 Å². The number of methoxy groups -OCH3 is 2. The van der Waals surface area contributed by atoms with Crippen molar-refractivity contribution in [2.75, 3.05) is 59.0 Å². The van der Waals surface area contributed by atoms with Gasteiger partial charge in [0, 0.05) is 17.7 Å². The minimum Gasteiger partial charge on any atom is -0.493 e. The number of anilines is 1. The molecule has 1 saturated heterocycles. The quantitative estimate of drug-likeness (QED) is 0.302. The second-order valence-electron chi connectivity index (χ2n) is 10.7. The lowest BCUT2D eigenvalue weighted by atomic mass is 9.93. The first kappa shape index (κ1) is 29.5. The Hall–Kier alpha value is -4.61. The minimum absolute atomic E-state index is 0.170. The molecular formula is C33H35N4O6S+. The van der Waals surface area contributed by atoms with Gasteiger partial charge in [0.1, 0.15) is 5.76 Å². The molecule has 44 heavy (non-hydrogen) atoms. The third-order valence-electron chi connectivity index (χ3n) is 7.91. The number of hydrogen-bond acceptors (Lipinski definition) is 9. The molecule has 0 aliphatic carbocycles. The summed E-state index contributed by atoms with van der Waals surface area (Å²) in [5.41, 5.74) is 1.82. The molecule has 4 heterocycles. The second kappa shape index (κ2) is 12.6. The molecule has 10 nitrogen and oxygen atoms in total. The molecule has 6 rings (SSSR count). The van der Waals surface area contributed by atoms with Crippen molar-refractivity contribution in [3.63, 3.8) is 0 Å². The molecule has 11 heteroatoms. The smallest absolute Gasteiger partial charge is 0.338 e. The summed E-state index contributed by atoms with van der Waals surface area (Å²) < 4.78 is 24.8. The fourth-order valence-corrected chi connectivity index (χ4v) is 6.59. The number of piperazine rings is 1. The summed E-state index contributed by atoms with van der Waals surface area (Å²) >= 11 is 1.25. The third kappa shape index (κ3) is 5.56. The number of aromatic nitrogens is 1. The van der Waals surface area contributed by atoms with Crippen molar-refractivity contribution in [3.8, 4) is 11.5 Å². The van der Waals surface area contributed by atoms with Crippen molar-refractivity contribution in [2.45, 2.75) is 13.0 Å². The Morgan fingerprint density at radius 1 is 1.07 bits per heavy atom. The van der Waals surface area contributed by atoms with Gasteiger partial charge < -0.3 is 28.4 Å². The van der Waals surface area contributed by atoms with Crippen LogP contribution in [0.15, 0.2) is 80.4 Å². The van der Waals surface area contributed by atoms with E-state index < -0.39 is 12.0 Å². The van der Waals surface area contributed by atoms with Crippen LogP contribution in [-0.4, -0.2) is 64.6 Å². The molecule has 2 aliphatic heterocycles. The van der Waals surface area contributed by atoms with Crippen molar-refractivity contribution in [2.24, 2.45) is 4.99 Å². The summed E-state index contributed by atoms with van der Waals surface area (Å²) in [6.07, 6.45) is 1.75. The Bertz CT molecular complexity index is 1880. The van der Waals surface area contributed by atoms with Gasteiger partial charge in [-0.25, -0.2) is 9.79 Å². The molecule has 0 unspecified atom stereocenters. The Morgan fingerprint density at radius 3 is 2.52 bits per heavy atom. The number of carbonyl (C=O) groups is 1. The normalized spacial score (nSPS) is 17.3. The van der Waals surface area contributed by atoms with Crippen molar-refractivity contribution >= 4 is 35.0 Å². The molecule has 4 aromatic rings. The fraction of sp³-hybridized carbons (Fsp3) is 0.303. The number of fused-ring (bicyclic) bond motifs is 1. The lowest BCUT2D eigenvalue weighted by Gasteiger charge is -2.29. The minimum atomic E-state index is -0.831. The van der Waals surface area contributed by atoms with Crippen molar-refractivity contribution in [1.82, 2.24) is 4.57 Å². The van der Waals surface area contributed by atoms with Crippen LogP contribution in [-0.2, 0) is 9.53 Å². The summed E-state index contributed by atoms with van der Waals surface area (Å²) in [6, 6.07) is 17.8. The number of likely N-dealkylation sites (N-methyl/N-ethyl adjacent to an activating group) is 1. The Balaban J connectivity index is 1.54. The van der Waals surface area contributed by atoms with Crippen LogP contribution in [0.4, 0.5) is 5.88 Å². The topological polar surface area (TPSA) is 99.9 Å². The highest BCUT2D eigenvalue weighted by atomic mass is 32.1. The van der Waals surface area contributed by atoms with Gasteiger partial charge in [-0.15, -0.1) is 0 Å². The molecule has 1 N–H and O–H groups in total. The van der Waals surface area contributed by atoms with Crippen LogP contribution in [0.3, 0.4) is 0 Å². The Morgan fingerprint density at radius 2 is 1.82 bits per heavy atom. The number of thiazole rings is 1. The molecule has 0 radical (unpaired) electrons. The van der Waals surface area contributed by atoms with Crippen LogP contribution >= 0.6 is 11.3 Å². The number of benzene rings is 2. The number of nitrogens with zero attached hydrogens (tertiary/aromatic N) is 3. The molecule has 2 aromatic heterocycles. The van der Waals surface area contributed by atoms with Gasteiger partial charge in [-0.1, -0.05) is 47.7 Å². The van der Waals surface area contributed by atoms with Crippen molar-refractivity contribution < 1.29 is 28.3 Å². The number of esters is 1. The highest BCUT2D eigenvalue weighted by molar-refractivity contribution is 7.07. The monoisotopic (exact) mass is 615 g/mol. The van der Waals surface area contributed by atoms with Gasteiger partial charge >= 0.3 is 5.97 Å². The predicted octanol–water partition coefficient (Wildman–Crippen LogP) is 1.88. The van der Waals surface area contributed by atoms with Gasteiger partial charge in [0.25, 0.3) is 5.56 Å². The maximum absolute atomic E-state index is 14.2. The van der Waals surface area contributed by atoms with Crippen molar-refractivity contribution in [1.29, 1.82) is 0 Å². The average Bonchev–Trinajstić information content (AvgIpc) is 3.64. The summed E-state index contributed by atoms with van der Waals surface area (Å²) in [5, 5.41) is 0. The van der Waals surface area contributed by atoms with E-state index in [0.717, 1.165) is 37.6 Å². The summed E-state index contributed by atoms with van der Waals surface area (Å²) in [7, 11) is 5.30. The molecule has 1 fully saturated rings. The Labute approximate surface area is 258 Å². The number of carbonyl (C=O) groups excluding carboxylic acids is 1. The van der Waals surface area contributed by atoms with Crippen LogP contribution in [0.5, 0.6) is 11.5 Å². The number of hydrogen-bond donors (Lipinski definition) is 1. The van der Waals surface area contributed by atoms with E-state index in [1.807, 2.05) is 48.5 Å². The van der Waals surface area contributed by atoms with E-state index in [1.165, 1.54) is 16.2 Å². The van der Waals surface area contributed by atoms with Gasteiger partial charge in [0.15, 0.2) is 22.2 Å². The summed E-state index contributed by atoms with van der Waals surface area (Å²) in [6.45, 7) is 5.82. The van der Waals surface area contributed by atoms with Crippen LogP contribution in [0, 0.1) is 0 Å². The van der Waals surface area contributed by atoms with E-state index in [0.29, 0.717) is 37.9 Å². The van der Waals surface area contributed by atoms with E-state index >= 15 is 0 Å². The van der Waals surface area contributed by atoms with E-state index in [4.69, 9.17) is 23.6 Å². The zero-order chi connectivity index (χ0) is 30.8. The highest BCUT2D eigenvalue weighted by Gasteiger charge is 2.35. The zero-order valence-corrected chi connectivity index (χ0v) is 26.0. The lowest BCUT2D eigenvalue weighted by Crippen LogP contribution is -3.12. The molecule has 228 valence electrons. The maximum Gasteiger partial charge on any atom is 0.338 e. The van der Waals surface area contributed by atoms with E-state index in [2.05, 4.69) is 11.9 Å². The van der Waals surface area contributed by atoms with Crippen LogP contribution in [0.25, 0.3) is 11.8 Å². The van der Waals surface area contributed by atoms with Gasteiger partial charge in [-0.3, -0.25) is 9.36 Å². The fourth-order valence-electron chi connectivity index (χ4n) is 5.61. The van der Waals surface area contributed by atoms with E-state index in [9.17, 15) is 9.59 Å². The van der Waals surface area contributed by atoms with Crippen LogP contribution in [0.2, 0.25) is 0 Å². The number of ether oxygens (including phenoxy) is 3. The lowest BCUT2D eigenvalue weighted by molar-refractivity contribution is -0.880. The molecule has 0 saturated carbocycles. The first-order valence-corrected chi connectivity index (χ1v) is 15.4. The SMILES string of the molecule is CCOC(=O)C1=C(c2ccccc2)N=c2s/c(=C/c3ccc(N4CC[NH+](C)CC4)o3)c(=O)n2[C@H]1c1ccc(OC)c(OC)c1. The maximum atomic E-state index is 14.2. The molecule has 0 amide bonds. The predicted molar refractivity (Wildman–Crippen MR) is 168 cm³/mol. The molecule has 0 spiro atoms. The molecule has 2 aromatic carbocycles. The van der Waals surface area contributed by atoms with E-state index in [-0.39, 0.29) is 17.7 Å². The summed E-state index contributed by atoms with van der Waals surface area (Å²) in [4.78, 5) is 37.0. The number of nitrogens with one attached hydrogen (secondary N) is 1. The first-order valence-electron chi connectivity index (χ1n) is 14.6.